The zero-order chi connectivity index (χ0) is 49.2. The zero-order valence-corrected chi connectivity index (χ0v) is 40.0. The van der Waals surface area contributed by atoms with Crippen LogP contribution in [0.3, 0.4) is 0 Å². The average Bonchev–Trinajstić information content (AvgIpc) is 3.29. The average molecular weight is 963 g/mol. The topological polar surface area (TPSA) is 318 Å². The largest absolute Gasteiger partial charge is 0.396 e. The summed E-state index contributed by atoms with van der Waals surface area (Å²) in [5, 5.41) is 140. The number of rotatable bonds is 14. The van der Waals surface area contributed by atoms with Crippen molar-refractivity contribution in [3.63, 3.8) is 0 Å². The molecule has 0 amide bonds. The Hall–Kier alpha value is -1.02. The molecule has 25 atom stereocenters. The first kappa shape index (κ1) is 53.8. The number of allylic oxidation sites excluding steroid dienone is 2. The van der Waals surface area contributed by atoms with Crippen LogP contribution in [0.15, 0.2) is 11.6 Å². The Kier molecular flexibility index (Phi) is 16.4. The third kappa shape index (κ3) is 9.13. The zero-order valence-electron chi connectivity index (χ0n) is 40.0. The van der Waals surface area contributed by atoms with Gasteiger partial charge in [-0.2, -0.15) is 0 Å². The van der Waals surface area contributed by atoms with Gasteiger partial charge in [-0.3, -0.25) is 0 Å². The predicted octanol–water partition coefficient (Wildman–Crippen LogP) is -1.05. The van der Waals surface area contributed by atoms with Crippen LogP contribution < -0.4 is 0 Å². The molecule has 0 unspecified atom stereocenters. The van der Waals surface area contributed by atoms with Crippen molar-refractivity contribution in [2.24, 2.45) is 44.8 Å². The molecule has 0 aromatic carbocycles. The summed E-state index contributed by atoms with van der Waals surface area (Å²) in [7, 11) is 0. The summed E-state index contributed by atoms with van der Waals surface area (Å²) in [5.74, 6) is -0.0584. The molecular formula is C48H82O19. The van der Waals surface area contributed by atoms with Crippen LogP contribution in [0.2, 0.25) is 0 Å². The van der Waals surface area contributed by atoms with Gasteiger partial charge in [0.15, 0.2) is 18.9 Å². The van der Waals surface area contributed by atoms with E-state index >= 15 is 0 Å². The SMILES string of the molecule is CC(C)=CCC[C@]1(CO)CC[C@]2(C)[C@H](CC[C@@H]3[C@@]4(C)CC[C@H](O[C@@H]5O[C@H](CO)[C@@H](O)[C@H](O)[C@H]5O[C@@H]5O[C@H](CO)[C@@H](O)[C@H](O)[C@H]5O)[C@@](C)(CO[C@@H]5O[C@H](CO)[C@@H](O)[C@H](O)[C@H]5O)[C@@H]4CC[C@]32C)[C@H]1O. The van der Waals surface area contributed by atoms with Crippen molar-refractivity contribution < 1.29 is 94.8 Å². The van der Waals surface area contributed by atoms with E-state index in [2.05, 4.69) is 40.7 Å². The molecule has 19 nitrogen and oxygen atoms in total. The summed E-state index contributed by atoms with van der Waals surface area (Å²) in [5.41, 5.74) is -1.28. The molecule has 13 N–H and O–H groups in total. The third-order valence-electron chi connectivity index (χ3n) is 19.0. The highest BCUT2D eigenvalue weighted by molar-refractivity contribution is 5.19. The van der Waals surface area contributed by atoms with Gasteiger partial charge in [-0.15, -0.1) is 0 Å². The van der Waals surface area contributed by atoms with Gasteiger partial charge in [-0.05, 0) is 112 Å². The van der Waals surface area contributed by atoms with Gasteiger partial charge in [0.2, 0.25) is 0 Å². The molecule has 0 aromatic heterocycles. The second-order valence-electron chi connectivity index (χ2n) is 22.6. The van der Waals surface area contributed by atoms with Crippen molar-refractivity contribution in [3.8, 4) is 0 Å². The number of aliphatic hydroxyl groups is 13. The summed E-state index contributed by atoms with van der Waals surface area (Å²) in [4.78, 5) is 0. The van der Waals surface area contributed by atoms with E-state index in [-0.39, 0.29) is 47.2 Å². The van der Waals surface area contributed by atoms with E-state index in [1.165, 1.54) is 5.57 Å². The van der Waals surface area contributed by atoms with E-state index in [9.17, 15) is 66.4 Å². The number of hydrogen-bond acceptors (Lipinski definition) is 19. The van der Waals surface area contributed by atoms with Crippen molar-refractivity contribution in [1.82, 2.24) is 0 Å². The maximum absolute atomic E-state index is 12.3. The van der Waals surface area contributed by atoms with E-state index in [0.717, 1.165) is 32.1 Å². The summed E-state index contributed by atoms with van der Waals surface area (Å²) in [6.07, 6.45) is -16.5. The molecule has 4 aliphatic carbocycles. The van der Waals surface area contributed by atoms with E-state index in [4.69, 9.17) is 28.4 Å². The number of fused-ring (bicyclic) bond motifs is 5. The standard InChI is InChI=1S/C48H82O19/c1-23(2)8-7-13-48(21-52)17-16-46(5)24(40(48)61)9-10-29-44(3)14-12-30(45(4,28(44)11-15-47(29,46)6)22-62-41-37(59)34(56)31(53)25(18-49)63-41)66-43-39(36(58)33(55)27(20-51)65-43)67-42-38(60)35(57)32(54)26(19-50)64-42/h8,24-43,49-61H,7,9-22H2,1-6H3/t24-,25-,26-,27-,28-,29-,30+,31-,32-,33-,34+,35+,36+,37-,38-,39-,40-,41-,42+,43+,44+,45+,46-,47-,48-/m1/s1. The first-order chi connectivity index (χ1) is 31.5. The molecule has 7 aliphatic rings. The summed E-state index contributed by atoms with van der Waals surface area (Å²) >= 11 is 0. The lowest BCUT2D eigenvalue weighted by Crippen LogP contribution is -2.69. The summed E-state index contributed by atoms with van der Waals surface area (Å²) in [6.45, 7) is 10.7. The minimum absolute atomic E-state index is 0.0348. The first-order valence-electron chi connectivity index (χ1n) is 24.6. The molecular weight excluding hydrogens is 881 g/mol. The molecule has 3 heterocycles. The van der Waals surface area contributed by atoms with Crippen LogP contribution in [0, 0.1) is 44.8 Å². The quantitative estimate of drug-likeness (QED) is 0.0730. The van der Waals surface area contributed by atoms with Gasteiger partial charge in [0.05, 0.1) is 45.2 Å². The van der Waals surface area contributed by atoms with Gasteiger partial charge in [-0.25, -0.2) is 0 Å². The Morgan fingerprint density at radius 1 is 0.567 bits per heavy atom. The molecule has 7 fully saturated rings. The maximum Gasteiger partial charge on any atom is 0.187 e. The molecule has 4 saturated carbocycles. The van der Waals surface area contributed by atoms with Gasteiger partial charge in [0.1, 0.15) is 73.2 Å². The van der Waals surface area contributed by atoms with Crippen molar-refractivity contribution >= 4 is 0 Å². The fourth-order valence-corrected chi connectivity index (χ4v) is 14.7. The number of ether oxygens (including phenoxy) is 6. The lowest BCUT2D eigenvalue weighted by Gasteiger charge is -2.72. The highest BCUT2D eigenvalue weighted by atomic mass is 16.8. The van der Waals surface area contributed by atoms with E-state index in [0.29, 0.717) is 32.1 Å². The van der Waals surface area contributed by atoms with Crippen LogP contribution in [0.25, 0.3) is 0 Å². The highest BCUT2D eigenvalue weighted by Gasteiger charge is 2.71. The molecule has 0 bridgehead atoms. The Labute approximate surface area is 393 Å². The molecule has 388 valence electrons. The Bertz CT molecular complexity index is 1680. The van der Waals surface area contributed by atoms with Crippen molar-refractivity contribution in [3.05, 3.63) is 11.6 Å². The third-order valence-corrected chi connectivity index (χ3v) is 19.0. The second-order valence-corrected chi connectivity index (χ2v) is 22.6. The monoisotopic (exact) mass is 963 g/mol. The normalized spacial score (nSPS) is 53.5. The molecule has 0 aromatic rings. The van der Waals surface area contributed by atoms with Crippen molar-refractivity contribution in [1.29, 1.82) is 0 Å². The maximum atomic E-state index is 12.3. The van der Waals surface area contributed by atoms with E-state index in [1.807, 2.05) is 6.92 Å². The molecule has 3 aliphatic heterocycles. The second kappa shape index (κ2) is 20.5. The Morgan fingerprint density at radius 2 is 1.13 bits per heavy atom. The molecule has 7 rings (SSSR count). The van der Waals surface area contributed by atoms with E-state index < -0.39 is 135 Å². The summed E-state index contributed by atoms with van der Waals surface area (Å²) < 4.78 is 36.9. The van der Waals surface area contributed by atoms with Crippen LogP contribution in [0.4, 0.5) is 0 Å². The van der Waals surface area contributed by atoms with Crippen molar-refractivity contribution in [2.45, 2.75) is 210 Å². The smallest absolute Gasteiger partial charge is 0.187 e. The van der Waals surface area contributed by atoms with Gasteiger partial charge in [0, 0.05) is 10.8 Å². The van der Waals surface area contributed by atoms with Gasteiger partial charge in [0.25, 0.3) is 0 Å². The predicted molar refractivity (Wildman–Crippen MR) is 235 cm³/mol. The van der Waals surface area contributed by atoms with Crippen LogP contribution in [0.5, 0.6) is 0 Å². The summed E-state index contributed by atoms with van der Waals surface area (Å²) in [6, 6.07) is 0. The van der Waals surface area contributed by atoms with Crippen LogP contribution in [0.1, 0.15) is 106 Å². The number of hydrogen-bond donors (Lipinski definition) is 13. The first-order valence-corrected chi connectivity index (χ1v) is 24.6. The fraction of sp³-hybridized carbons (Fsp3) is 0.958. The molecule has 19 heteroatoms. The van der Waals surface area contributed by atoms with Crippen LogP contribution in [-0.2, 0) is 28.4 Å². The van der Waals surface area contributed by atoms with Crippen molar-refractivity contribution in [2.75, 3.05) is 33.0 Å². The lowest BCUT2D eigenvalue weighted by molar-refractivity contribution is -0.382. The molecule has 0 spiro atoms. The minimum atomic E-state index is -1.87. The molecule has 0 radical (unpaired) electrons. The van der Waals surface area contributed by atoms with Gasteiger partial charge >= 0.3 is 0 Å². The van der Waals surface area contributed by atoms with Crippen LogP contribution >= 0.6 is 0 Å². The lowest BCUT2D eigenvalue weighted by atomic mass is 9.33. The highest BCUT2D eigenvalue weighted by Crippen LogP contribution is 2.75. The minimum Gasteiger partial charge on any atom is -0.396 e. The number of aliphatic hydroxyl groups excluding tert-OH is 13. The Morgan fingerprint density at radius 3 is 1.72 bits per heavy atom. The van der Waals surface area contributed by atoms with E-state index in [1.54, 1.807) is 0 Å². The Balaban J connectivity index is 1.21. The van der Waals surface area contributed by atoms with Gasteiger partial charge < -0.3 is 94.8 Å². The van der Waals surface area contributed by atoms with Gasteiger partial charge in [-0.1, -0.05) is 39.3 Å². The molecule has 3 saturated heterocycles. The molecule has 67 heavy (non-hydrogen) atoms. The fourth-order valence-electron chi connectivity index (χ4n) is 14.7. The van der Waals surface area contributed by atoms with Crippen LogP contribution in [-0.4, -0.2) is 204 Å².